The Labute approximate surface area is 94.2 Å². The van der Waals surface area contributed by atoms with Crippen molar-refractivity contribution in [2.24, 2.45) is 11.7 Å². The van der Waals surface area contributed by atoms with Crippen molar-refractivity contribution in [1.82, 2.24) is 10.2 Å². The first-order chi connectivity index (χ1) is 7.51. The number of nitrogens with two attached hydrogens (primary N) is 1. The maximum atomic E-state index is 12.0. The third kappa shape index (κ3) is 2.38. The Balaban J connectivity index is 2.81. The molecular formula is C10H17N3O3. The molecule has 0 aromatic rings. The van der Waals surface area contributed by atoms with E-state index in [-0.39, 0.29) is 24.9 Å². The molecule has 2 atom stereocenters. The molecule has 1 saturated heterocycles. The molecule has 0 spiro atoms. The van der Waals surface area contributed by atoms with Gasteiger partial charge in [0.25, 0.3) is 0 Å². The Bertz CT molecular complexity index is 312. The zero-order valence-corrected chi connectivity index (χ0v) is 9.53. The first-order valence-electron chi connectivity index (χ1n) is 5.35. The molecular weight excluding hydrogens is 210 g/mol. The summed E-state index contributed by atoms with van der Waals surface area (Å²) in [6, 6.07) is -0.606. The molecule has 1 heterocycles. The maximum absolute atomic E-state index is 12.0. The van der Waals surface area contributed by atoms with Crippen LogP contribution in [0.5, 0.6) is 0 Å². The zero-order chi connectivity index (χ0) is 12.3. The molecule has 6 nitrogen and oxygen atoms in total. The summed E-state index contributed by atoms with van der Waals surface area (Å²) in [6.45, 7) is 3.62. The van der Waals surface area contributed by atoms with Crippen LogP contribution in [0, 0.1) is 5.92 Å². The number of hydrogen-bond donors (Lipinski definition) is 2. The van der Waals surface area contributed by atoms with Gasteiger partial charge in [-0.2, -0.15) is 0 Å². The van der Waals surface area contributed by atoms with Crippen molar-refractivity contribution in [2.75, 3.05) is 13.1 Å². The number of hydrogen-bond acceptors (Lipinski definition) is 4. The predicted octanol–water partition coefficient (Wildman–Crippen LogP) is -1.16. The molecule has 0 saturated carbocycles. The van der Waals surface area contributed by atoms with Gasteiger partial charge in [0.1, 0.15) is 12.6 Å². The molecule has 3 N–H and O–H groups in total. The van der Waals surface area contributed by atoms with Gasteiger partial charge in [-0.15, -0.1) is 0 Å². The minimum absolute atomic E-state index is 0.0672. The van der Waals surface area contributed by atoms with Crippen LogP contribution in [0.15, 0.2) is 0 Å². The summed E-state index contributed by atoms with van der Waals surface area (Å²) in [5.74, 6) is -1.42. The van der Waals surface area contributed by atoms with Gasteiger partial charge in [0.2, 0.25) is 17.7 Å². The van der Waals surface area contributed by atoms with E-state index in [1.165, 1.54) is 4.90 Å². The topological polar surface area (TPSA) is 92.5 Å². The number of rotatable bonds is 3. The van der Waals surface area contributed by atoms with Crippen LogP contribution in [0.4, 0.5) is 0 Å². The summed E-state index contributed by atoms with van der Waals surface area (Å²) >= 11 is 0. The van der Waals surface area contributed by atoms with E-state index in [1.807, 2.05) is 6.92 Å². The Morgan fingerprint density at radius 3 is 2.75 bits per heavy atom. The molecule has 0 radical (unpaired) electrons. The largest absolute Gasteiger partial charge is 0.330 e. The van der Waals surface area contributed by atoms with Gasteiger partial charge in [0, 0.05) is 6.54 Å². The van der Waals surface area contributed by atoms with Crippen molar-refractivity contribution in [3.05, 3.63) is 0 Å². The first kappa shape index (κ1) is 12.6. The second-order valence-electron chi connectivity index (χ2n) is 3.90. The normalized spacial score (nSPS) is 22.9. The van der Waals surface area contributed by atoms with E-state index in [0.29, 0.717) is 6.42 Å². The van der Waals surface area contributed by atoms with Crippen molar-refractivity contribution >= 4 is 17.7 Å². The Morgan fingerprint density at radius 2 is 2.25 bits per heavy atom. The zero-order valence-electron chi connectivity index (χ0n) is 9.53. The highest BCUT2D eigenvalue weighted by Crippen LogP contribution is 2.12. The van der Waals surface area contributed by atoms with Crippen LogP contribution in [-0.2, 0) is 14.4 Å². The lowest BCUT2D eigenvalue weighted by Gasteiger charge is -2.33. The van der Waals surface area contributed by atoms with Crippen molar-refractivity contribution in [3.8, 4) is 0 Å². The van der Waals surface area contributed by atoms with Crippen LogP contribution < -0.4 is 11.1 Å². The Hall–Kier alpha value is -1.43. The predicted molar refractivity (Wildman–Crippen MR) is 57.2 cm³/mol. The lowest BCUT2D eigenvalue weighted by molar-refractivity contribution is -0.151. The lowest BCUT2D eigenvalue weighted by atomic mass is 10.0. The fraction of sp³-hybridized carbons (Fsp3) is 0.700. The lowest BCUT2D eigenvalue weighted by Crippen LogP contribution is -2.60. The average Bonchev–Trinajstić information content (AvgIpc) is 2.24. The van der Waals surface area contributed by atoms with Crippen molar-refractivity contribution in [2.45, 2.75) is 26.3 Å². The van der Waals surface area contributed by atoms with E-state index in [0.717, 1.165) is 0 Å². The van der Waals surface area contributed by atoms with Gasteiger partial charge in [0.15, 0.2) is 0 Å². The van der Waals surface area contributed by atoms with Crippen LogP contribution >= 0.6 is 0 Å². The molecule has 0 aromatic carbocycles. The van der Waals surface area contributed by atoms with Crippen molar-refractivity contribution < 1.29 is 14.4 Å². The Kier molecular flexibility index (Phi) is 4.00. The third-order valence-corrected chi connectivity index (χ3v) is 2.83. The second-order valence-corrected chi connectivity index (χ2v) is 3.90. The van der Waals surface area contributed by atoms with Crippen LogP contribution in [0.2, 0.25) is 0 Å². The monoisotopic (exact) mass is 227 g/mol. The maximum Gasteiger partial charge on any atom is 0.249 e. The molecule has 1 aliphatic rings. The molecule has 0 bridgehead atoms. The second kappa shape index (κ2) is 5.07. The van der Waals surface area contributed by atoms with Crippen molar-refractivity contribution in [3.63, 3.8) is 0 Å². The minimum atomic E-state index is -0.606. The number of carbonyl (C=O) groups is 3. The summed E-state index contributed by atoms with van der Waals surface area (Å²) in [7, 11) is 0. The van der Waals surface area contributed by atoms with E-state index in [2.05, 4.69) is 5.32 Å². The van der Waals surface area contributed by atoms with Crippen LogP contribution in [-0.4, -0.2) is 41.8 Å². The highest BCUT2D eigenvalue weighted by atomic mass is 16.2. The number of carbonyl (C=O) groups excluding carboxylic acids is 3. The molecule has 2 unspecified atom stereocenters. The molecule has 0 aliphatic carbocycles. The number of imide groups is 1. The number of nitrogens with zero attached hydrogens (tertiary/aromatic N) is 1. The van der Waals surface area contributed by atoms with Crippen molar-refractivity contribution in [1.29, 1.82) is 0 Å². The first-order valence-corrected chi connectivity index (χ1v) is 5.35. The molecule has 1 fully saturated rings. The van der Waals surface area contributed by atoms with Crippen LogP contribution in [0.25, 0.3) is 0 Å². The van der Waals surface area contributed by atoms with Gasteiger partial charge in [-0.05, 0) is 13.3 Å². The highest BCUT2D eigenvalue weighted by Gasteiger charge is 2.35. The van der Waals surface area contributed by atoms with E-state index in [1.54, 1.807) is 6.92 Å². The van der Waals surface area contributed by atoms with Gasteiger partial charge < -0.3 is 10.6 Å². The van der Waals surface area contributed by atoms with Gasteiger partial charge >= 0.3 is 0 Å². The number of amides is 3. The molecule has 90 valence electrons. The van der Waals surface area contributed by atoms with E-state index < -0.39 is 17.9 Å². The smallest absolute Gasteiger partial charge is 0.249 e. The van der Waals surface area contributed by atoms with E-state index in [9.17, 15) is 14.4 Å². The third-order valence-electron chi connectivity index (χ3n) is 2.83. The molecule has 3 amide bonds. The summed E-state index contributed by atoms with van der Waals surface area (Å²) in [5.41, 5.74) is 5.47. The number of nitrogens with one attached hydrogen (secondary N) is 1. The van der Waals surface area contributed by atoms with Crippen LogP contribution in [0.3, 0.4) is 0 Å². The SMILES string of the molecule is CCC(CN)C(=O)N1CC(=O)NC(=O)C1C. The van der Waals surface area contributed by atoms with Gasteiger partial charge in [-0.25, -0.2) is 0 Å². The standard InChI is InChI=1S/C10H17N3O3/c1-3-7(4-11)10(16)13-5-8(14)12-9(15)6(13)2/h6-7H,3-5,11H2,1-2H3,(H,12,14,15). The molecule has 1 aliphatic heterocycles. The van der Waals surface area contributed by atoms with Crippen LogP contribution in [0.1, 0.15) is 20.3 Å². The summed E-state index contributed by atoms with van der Waals surface area (Å²) in [5, 5.41) is 2.19. The molecule has 0 aromatic heterocycles. The summed E-state index contributed by atoms with van der Waals surface area (Å²) < 4.78 is 0. The van der Waals surface area contributed by atoms with E-state index >= 15 is 0 Å². The molecule has 6 heteroatoms. The number of piperazine rings is 1. The van der Waals surface area contributed by atoms with Gasteiger partial charge in [0.05, 0.1) is 5.92 Å². The van der Waals surface area contributed by atoms with Gasteiger partial charge in [-0.1, -0.05) is 6.92 Å². The Morgan fingerprint density at radius 1 is 1.62 bits per heavy atom. The summed E-state index contributed by atoms with van der Waals surface area (Å²) in [4.78, 5) is 35.8. The summed E-state index contributed by atoms with van der Waals surface area (Å²) in [6.07, 6.45) is 0.606. The van der Waals surface area contributed by atoms with Gasteiger partial charge in [-0.3, -0.25) is 19.7 Å². The molecule has 1 rings (SSSR count). The highest BCUT2D eigenvalue weighted by molar-refractivity contribution is 6.04. The molecule has 16 heavy (non-hydrogen) atoms. The van der Waals surface area contributed by atoms with E-state index in [4.69, 9.17) is 5.73 Å². The fourth-order valence-electron chi connectivity index (χ4n) is 1.66. The average molecular weight is 227 g/mol. The quantitative estimate of drug-likeness (QED) is 0.595. The fourth-order valence-corrected chi connectivity index (χ4v) is 1.66. The minimum Gasteiger partial charge on any atom is -0.330 e.